The number of fused-ring (bicyclic) bond motifs is 1. The number of nitrogens with one attached hydrogen (secondary N) is 3. The van der Waals surface area contributed by atoms with Gasteiger partial charge in [-0.1, -0.05) is 6.07 Å². The SMILES string of the molecule is O=C(O)NCCCOCCOCCOCCCNC(=O)COc1cccc2c1C(=O)N(C1CCCC(=O)NC1=O)C2=O. The Bertz CT molecular complexity index is 1140. The zero-order valence-corrected chi connectivity index (χ0v) is 23.2. The largest absolute Gasteiger partial charge is 0.483 e. The fraction of sp³-hybridized carbons (Fsp3) is 0.556. The Morgan fingerprint density at radius 1 is 0.905 bits per heavy atom. The molecule has 6 amide bonds. The standard InChI is InChI=1S/C27H36N4O11/c32-21-8-2-6-19(24(34)30-21)31-25(35)18-5-1-7-20(23(18)26(31)36)42-17-22(33)28-9-3-11-39-13-15-41-16-14-40-12-4-10-29-27(37)38/h1,5,7,19,29H,2-4,6,8-17H2,(H,28,33)(H,37,38)(H,30,32,34). The van der Waals surface area contributed by atoms with Gasteiger partial charge in [-0.2, -0.15) is 0 Å². The van der Waals surface area contributed by atoms with Crippen molar-refractivity contribution < 1.29 is 52.8 Å². The van der Waals surface area contributed by atoms with Gasteiger partial charge in [0.1, 0.15) is 11.8 Å². The normalized spacial score (nSPS) is 16.6. The highest BCUT2D eigenvalue weighted by molar-refractivity contribution is 6.24. The lowest BCUT2D eigenvalue weighted by Gasteiger charge is -2.23. The molecule has 0 bridgehead atoms. The van der Waals surface area contributed by atoms with E-state index in [1.807, 2.05) is 0 Å². The van der Waals surface area contributed by atoms with Crippen molar-refractivity contribution in [2.75, 3.05) is 59.3 Å². The fourth-order valence-electron chi connectivity index (χ4n) is 4.30. The molecule has 1 atom stereocenters. The Labute approximate surface area is 242 Å². The van der Waals surface area contributed by atoms with Crippen LogP contribution in [0.2, 0.25) is 0 Å². The maximum Gasteiger partial charge on any atom is 0.404 e. The van der Waals surface area contributed by atoms with Crippen LogP contribution in [0.25, 0.3) is 0 Å². The summed E-state index contributed by atoms with van der Waals surface area (Å²) in [6.45, 7) is 2.67. The summed E-state index contributed by atoms with van der Waals surface area (Å²) in [5.41, 5.74) is 0.0503. The van der Waals surface area contributed by atoms with Crippen LogP contribution in [-0.4, -0.2) is 111 Å². The van der Waals surface area contributed by atoms with E-state index >= 15 is 0 Å². The summed E-state index contributed by atoms with van der Waals surface area (Å²) in [6, 6.07) is 3.34. The van der Waals surface area contributed by atoms with E-state index in [4.69, 9.17) is 24.1 Å². The first-order chi connectivity index (χ1) is 20.3. The summed E-state index contributed by atoms with van der Waals surface area (Å²) in [5, 5.41) is 15.6. The maximum absolute atomic E-state index is 13.2. The van der Waals surface area contributed by atoms with Crippen LogP contribution in [0.1, 0.15) is 52.8 Å². The third-order valence-electron chi connectivity index (χ3n) is 6.30. The molecule has 2 aliphatic rings. The molecule has 2 heterocycles. The van der Waals surface area contributed by atoms with E-state index in [9.17, 15) is 28.8 Å². The van der Waals surface area contributed by atoms with Gasteiger partial charge in [0.25, 0.3) is 17.7 Å². The van der Waals surface area contributed by atoms with Crippen LogP contribution >= 0.6 is 0 Å². The minimum absolute atomic E-state index is 0.0195. The number of hydrogen-bond acceptors (Lipinski definition) is 10. The van der Waals surface area contributed by atoms with Gasteiger partial charge in [0.2, 0.25) is 11.8 Å². The van der Waals surface area contributed by atoms with E-state index in [2.05, 4.69) is 16.0 Å². The van der Waals surface area contributed by atoms with Gasteiger partial charge in [-0.15, -0.1) is 0 Å². The zero-order valence-electron chi connectivity index (χ0n) is 23.2. The van der Waals surface area contributed by atoms with Crippen LogP contribution in [0, 0.1) is 0 Å². The third-order valence-corrected chi connectivity index (χ3v) is 6.30. The fourth-order valence-corrected chi connectivity index (χ4v) is 4.30. The number of amides is 6. The first-order valence-corrected chi connectivity index (χ1v) is 13.7. The van der Waals surface area contributed by atoms with Crippen molar-refractivity contribution in [3.63, 3.8) is 0 Å². The topological polar surface area (TPSA) is 199 Å². The van der Waals surface area contributed by atoms with Gasteiger partial charge in [0.05, 0.1) is 37.6 Å². The Morgan fingerprint density at radius 2 is 1.55 bits per heavy atom. The Balaban J connectivity index is 1.29. The average Bonchev–Trinajstić information content (AvgIpc) is 3.09. The molecule has 0 saturated carbocycles. The second-order valence-corrected chi connectivity index (χ2v) is 9.39. The summed E-state index contributed by atoms with van der Waals surface area (Å²) >= 11 is 0. The second-order valence-electron chi connectivity index (χ2n) is 9.39. The highest BCUT2D eigenvalue weighted by atomic mass is 16.5. The highest BCUT2D eigenvalue weighted by Crippen LogP contribution is 2.33. The summed E-state index contributed by atoms with van der Waals surface area (Å²) in [6.07, 6.45) is 0.726. The third kappa shape index (κ3) is 9.78. The first-order valence-electron chi connectivity index (χ1n) is 13.7. The molecule has 42 heavy (non-hydrogen) atoms. The van der Waals surface area contributed by atoms with Crippen LogP contribution in [0.5, 0.6) is 5.75 Å². The number of benzene rings is 1. The van der Waals surface area contributed by atoms with Crippen LogP contribution < -0.4 is 20.7 Å². The number of imide groups is 2. The van der Waals surface area contributed by atoms with Gasteiger partial charge in [-0.05, 0) is 37.8 Å². The Kier molecular flexibility index (Phi) is 13.1. The van der Waals surface area contributed by atoms with Gasteiger partial charge in [0.15, 0.2) is 6.61 Å². The summed E-state index contributed by atoms with van der Waals surface area (Å²) in [7, 11) is 0. The molecule has 1 saturated heterocycles. The lowest BCUT2D eigenvalue weighted by Crippen LogP contribution is -2.49. The number of rotatable bonds is 18. The van der Waals surface area contributed by atoms with E-state index in [1.165, 1.54) is 18.2 Å². The van der Waals surface area contributed by atoms with Gasteiger partial charge in [0, 0.05) is 32.7 Å². The summed E-state index contributed by atoms with van der Waals surface area (Å²) in [4.78, 5) is 73.6. The van der Waals surface area contributed by atoms with Crippen molar-refractivity contribution in [3.8, 4) is 5.75 Å². The molecule has 15 heteroatoms. The molecule has 0 aromatic heterocycles. The predicted octanol–water partition coefficient (Wildman–Crippen LogP) is 0.0705. The number of carboxylic acid groups (broad SMARTS) is 1. The molecule has 230 valence electrons. The molecule has 1 aromatic carbocycles. The molecule has 15 nitrogen and oxygen atoms in total. The van der Waals surface area contributed by atoms with Crippen molar-refractivity contribution in [2.45, 2.75) is 38.1 Å². The lowest BCUT2D eigenvalue weighted by molar-refractivity contribution is -0.131. The molecule has 4 N–H and O–H groups in total. The van der Waals surface area contributed by atoms with E-state index in [-0.39, 0.29) is 36.3 Å². The van der Waals surface area contributed by atoms with E-state index in [0.717, 1.165) is 4.90 Å². The van der Waals surface area contributed by atoms with Crippen LogP contribution in [-0.2, 0) is 28.6 Å². The van der Waals surface area contributed by atoms with Gasteiger partial charge in [-0.3, -0.25) is 34.2 Å². The maximum atomic E-state index is 13.2. The minimum Gasteiger partial charge on any atom is -0.483 e. The number of carbonyl (C=O) groups is 6. The van der Waals surface area contributed by atoms with E-state index in [1.54, 1.807) is 0 Å². The quantitative estimate of drug-likeness (QED) is 0.133. The highest BCUT2D eigenvalue weighted by Gasteiger charge is 2.45. The first kappa shape index (κ1) is 32.4. The molecule has 1 unspecified atom stereocenters. The smallest absolute Gasteiger partial charge is 0.404 e. The predicted molar refractivity (Wildman–Crippen MR) is 144 cm³/mol. The molecule has 1 aromatic rings. The Hall–Kier alpha value is -4.08. The van der Waals surface area contributed by atoms with Gasteiger partial charge in [-0.25, -0.2) is 4.79 Å². The lowest BCUT2D eigenvalue weighted by atomic mass is 10.1. The molecule has 0 spiro atoms. The van der Waals surface area contributed by atoms with Crippen LogP contribution in [0.4, 0.5) is 4.79 Å². The van der Waals surface area contributed by atoms with Crippen LogP contribution in [0.3, 0.4) is 0 Å². The van der Waals surface area contributed by atoms with Crippen molar-refractivity contribution in [3.05, 3.63) is 29.3 Å². The zero-order chi connectivity index (χ0) is 30.3. The Morgan fingerprint density at radius 3 is 2.21 bits per heavy atom. The molecular formula is C27H36N4O11. The number of hydrogen-bond donors (Lipinski definition) is 4. The minimum atomic E-state index is -1.10. The molecule has 0 aliphatic carbocycles. The number of nitrogens with zero attached hydrogens (tertiary/aromatic N) is 1. The molecule has 0 radical (unpaired) electrons. The van der Waals surface area contributed by atoms with Crippen molar-refractivity contribution >= 4 is 35.6 Å². The summed E-state index contributed by atoms with van der Waals surface area (Å²) < 4.78 is 21.7. The van der Waals surface area contributed by atoms with Gasteiger partial charge >= 0.3 is 6.09 Å². The van der Waals surface area contributed by atoms with Crippen molar-refractivity contribution in [1.82, 2.24) is 20.9 Å². The second kappa shape index (κ2) is 17.0. The van der Waals surface area contributed by atoms with Crippen LogP contribution in [0.15, 0.2) is 18.2 Å². The monoisotopic (exact) mass is 592 g/mol. The molecule has 1 fully saturated rings. The van der Waals surface area contributed by atoms with E-state index < -0.39 is 41.7 Å². The molecular weight excluding hydrogens is 556 g/mol. The molecule has 2 aliphatic heterocycles. The summed E-state index contributed by atoms with van der Waals surface area (Å²) in [5.74, 6) is -2.88. The van der Waals surface area contributed by atoms with Gasteiger partial charge < -0.3 is 34.7 Å². The molecule has 3 rings (SSSR count). The number of carbonyl (C=O) groups excluding carboxylic acids is 5. The van der Waals surface area contributed by atoms with Crippen molar-refractivity contribution in [2.24, 2.45) is 0 Å². The van der Waals surface area contributed by atoms with E-state index in [0.29, 0.717) is 72.0 Å². The van der Waals surface area contributed by atoms with Crippen molar-refractivity contribution in [1.29, 1.82) is 0 Å². The number of ether oxygens (including phenoxy) is 4. The average molecular weight is 593 g/mol.